The van der Waals surface area contributed by atoms with E-state index in [9.17, 15) is 4.79 Å². The number of pyridine rings is 1. The first kappa shape index (κ1) is 17.1. The van der Waals surface area contributed by atoms with E-state index in [2.05, 4.69) is 30.2 Å². The lowest BCUT2D eigenvalue weighted by Gasteiger charge is -2.32. The molecule has 4 rings (SSSR count). The molecule has 8 heteroatoms. The van der Waals surface area contributed by atoms with Gasteiger partial charge in [-0.05, 0) is 31.9 Å². The number of aryl methyl sites for hydroxylation is 1. The van der Waals surface area contributed by atoms with Gasteiger partial charge < -0.3 is 10.2 Å². The van der Waals surface area contributed by atoms with Crippen LogP contribution in [0.25, 0.3) is 5.82 Å². The molecule has 8 nitrogen and oxygen atoms in total. The molecule has 0 spiro atoms. The summed E-state index contributed by atoms with van der Waals surface area (Å²) in [6, 6.07) is 7.45. The Balaban J connectivity index is 1.39. The van der Waals surface area contributed by atoms with Crippen molar-refractivity contribution in [2.75, 3.05) is 23.3 Å². The van der Waals surface area contributed by atoms with Crippen molar-refractivity contribution in [2.24, 2.45) is 5.92 Å². The van der Waals surface area contributed by atoms with Gasteiger partial charge in [-0.2, -0.15) is 0 Å². The molecule has 1 amide bonds. The van der Waals surface area contributed by atoms with Crippen molar-refractivity contribution in [3.8, 4) is 5.82 Å². The zero-order valence-electron chi connectivity index (χ0n) is 15.1. The molecule has 0 bridgehead atoms. The van der Waals surface area contributed by atoms with E-state index in [-0.39, 0.29) is 11.8 Å². The smallest absolute Gasteiger partial charge is 0.228 e. The zero-order valence-corrected chi connectivity index (χ0v) is 15.1. The molecular formula is C19H21N7O. The summed E-state index contributed by atoms with van der Waals surface area (Å²) in [6.07, 6.45) is 8.44. The molecule has 138 valence electrons. The van der Waals surface area contributed by atoms with E-state index in [4.69, 9.17) is 0 Å². The predicted molar refractivity (Wildman–Crippen MR) is 102 cm³/mol. The summed E-state index contributed by atoms with van der Waals surface area (Å²) in [4.78, 5) is 31.8. The van der Waals surface area contributed by atoms with E-state index < -0.39 is 0 Å². The minimum atomic E-state index is -0.0135. The SMILES string of the molecule is Cc1nccn1-c1cc(N2CCC(C(=O)Nc3ccccn3)CC2)ncn1. The molecule has 1 aliphatic heterocycles. The average Bonchev–Trinajstić information content (AvgIpc) is 3.15. The summed E-state index contributed by atoms with van der Waals surface area (Å²) in [6.45, 7) is 3.49. The van der Waals surface area contributed by atoms with Gasteiger partial charge in [-0.15, -0.1) is 0 Å². The molecule has 27 heavy (non-hydrogen) atoms. The van der Waals surface area contributed by atoms with Crippen molar-refractivity contribution in [1.29, 1.82) is 0 Å². The van der Waals surface area contributed by atoms with Gasteiger partial charge in [0.05, 0.1) is 0 Å². The second kappa shape index (κ2) is 7.53. The number of aromatic nitrogens is 5. The molecule has 0 aliphatic carbocycles. The number of hydrogen-bond acceptors (Lipinski definition) is 6. The summed E-state index contributed by atoms with van der Waals surface area (Å²) in [5.74, 6) is 3.17. The van der Waals surface area contributed by atoms with Gasteiger partial charge in [0.15, 0.2) is 0 Å². The van der Waals surface area contributed by atoms with E-state index in [1.165, 1.54) is 0 Å². The summed E-state index contributed by atoms with van der Waals surface area (Å²) in [5.41, 5.74) is 0. The van der Waals surface area contributed by atoms with Gasteiger partial charge >= 0.3 is 0 Å². The Kier molecular flexibility index (Phi) is 4.78. The second-order valence-electron chi connectivity index (χ2n) is 6.54. The summed E-state index contributed by atoms with van der Waals surface area (Å²) >= 11 is 0. The topological polar surface area (TPSA) is 88.8 Å². The van der Waals surface area contributed by atoms with E-state index >= 15 is 0 Å². The number of rotatable bonds is 4. The van der Waals surface area contributed by atoms with Gasteiger partial charge in [0, 0.05) is 43.7 Å². The predicted octanol–water partition coefficient (Wildman–Crippen LogP) is 2.22. The molecule has 0 unspecified atom stereocenters. The van der Waals surface area contributed by atoms with Crippen molar-refractivity contribution in [3.05, 3.63) is 55.0 Å². The maximum Gasteiger partial charge on any atom is 0.228 e. The standard InChI is InChI=1S/C19H21N7O/c1-14-20-8-11-26(14)18-12-17(22-13-23-18)25-9-5-15(6-10-25)19(27)24-16-4-2-3-7-21-16/h2-4,7-8,11-13,15H,5-6,9-10H2,1H3,(H,21,24,27). The molecule has 0 saturated carbocycles. The quantitative estimate of drug-likeness (QED) is 0.765. The molecule has 1 saturated heterocycles. The highest BCUT2D eigenvalue weighted by atomic mass is 16.1. The highest BCUT2D eigenvalue weighted by molar-refractivity contribution is 5.91. The first-order chi connectivity index (χ1) is 13.2. The molecule has 4 heterocycles. The van der Waals surface area contributed by atoms with Crippen LogP contribution < -0.4 is 10.2 Å². The van der Waals surface area contributed by atoms with E-state index in [0.717, 1.165) is 43.4 Å². The third-order valence-electron chi connectivity index (χ3n) is 4.82. The first-order valence-corrected chi connectivity index (χ1v) is 9.00. The number of carbonyl (C=O) groups excluding carboxylic acids is 1. The number of piperidine rings is 1. The Morgan fingerprint density at radius 2 is 1.89 bits per heavy atom. The lowest BCUT2D eigenvalue weighted by Crippen LogP contribution is -2.38. The molecule has 0 radical (unpaired) electrons. The number of carbonyl (C=O) groups is 1. The molecule has 3 aromatic heterocycles. The molecule has 1 N–H and O–H groups in total. The Morgan fingerprint density at radius 3 is 2.59 bits per heavy atom. The fourth-order valence-electron chi connectivity index (χ4n) is 3.30. The van der Waals surface area contributed by atoms with Crippen LogP contribution >= 0.6 is 0 Å². The lowest BCUT2D eigenvalue weighted by atomic mass is 9.96. The Morgan fingerprint density at radius 1 is 1.07 bits per heavy atom. The third-order valence-corrected chi connectivity index (χ3v) is 4.82. The van der Waals surface area contributed by atoms with Crippen molar-refractivity contribution in [2.45, 2.75) is 19.8 Å². The van der Waals surface area contributed by atoms with Crippen molar-refractivity contribution in [3.63, 3.8) is 0 Å². The van der Waals surface area contributed by atoms with E-state index in [1.54, 1.807) is 24.8 Å². The van der Waals surface area contributed by atoms with Crippen LogP contribution in [0.15, 0.2) is 49.2 Å². The van der Waals surface area contributed by atoms with Gasteiger partial charge in [0.1, 0.15) is 29.6 Å². The number of hydrogen-bond donors (Lipinski definition) is 1. The fraction of sp³-hybridized carbons (Fsp3) is 0.316. The average molecular weight is 363 g/mol. The monoisotopic (exact) mass is 363 g/mol. The van der Waals surface area contributed by atoms with Crippen molar-refractivity contribution >= 4 is 17.5 Å². The number of imidazole rings is 1. The Labute approximate surface area is 157 Å². The van der Waals surface area contributed by atoms with Crippen LogP contribution in [0.5, 0.6) is 0 Å². The fourth-order valence-corrected chi connectivity index (χ4v) is 3.30. The van der Waals surface area contributed by atoms with Gasteiger partial charge in [0.25, 0.3) is 0 Å². The number of anilines is 2. The van der Waals surface area contributed by atoms with Gasteiger partial charge in [-0.3, -0.25) is 9.36 Å². The molecule has 1 aliphatic rings. The van der Waals surface area contributed by atoms with Gasteiger partial charge in [-0.1, -0.05) is 6.07 Å². The maximum absolute atomic E-state index is 12.5. The normalized spacial score (nSPS) is 14.9. The number of amides is 1. The van der Waals surface area contributed by atoms with E-state index in [0.29, 0.717) is 5.82 Å². The number of nitrogens with zero attached hydrogens (tertiary/aromatic N) is 6. The Bertz CT molecular complexity index is 917. The van der Waals surface area contributed by atoms with Crippen LogP contribution in [0.1, 0.15) is 18.7 Å². The van der Waals surface area contributed by atoms with Crippen molar-refractivity contribution in [1.82, 2.24) is 24.5 Å². The molecule has 0 aromatic carbocycles. The van der Waals surface area contributed by atoms with Gasteiger partial charge in [0.2, 0.25) is 5.91 Å². The summed E-state index contributed by atoms with van der Waals surface area (Å²) in [5, 5.41) is 2.90. The van der Waals surface area contributed by atoms with Gasteiger partial charge in [-0.25, -0.2) is 19.9 Å². The maximum atomic E-state index is 12.5. The van der Waals surface area contributed by atoms with Crippen LogP contribution in [0, 0.1) is 12.8 Å². The van der Waals surface area contributed by atoms with Crippen LogP contribution in [0.2, 0.25) is 0 Å². The van der Waals surface area contributed by atoms with Crippen LogP contribution in [0.3, 0.4) is 0 Å². The minimum absolute atomic E-state index is 0.0135. The zero-order chi connectivity index (χ0) is 18.6. The van der Waals surface area contributed by atoms with Crippen molar-refractivity contribution < 1.29 is 4.79 Å². The van der Waals surface area contributed by atoms with Crippen LogP contribution in [0.4, 0.5) is 11.6 Å². The van der Waals surface area contributed by atoms with E-state index in [1.807, 2.05) is 35.9 Å². The van der Waals surface area contributed by atoms with Crippen LogP contribution in [-0.2, 0) is 4.79 Å². The largest absolute Gasteiger partial charge is 0.356 e. The molecule has 0 atom stereocenters. The lowest BCUT2D eigenvalue weighted by molar-refractivity contribution is -0.120. The molecule has 3 aromatic rings. The number of nitrogens with one attached hydrogen (secondary N) is 1. The second-order valence-corrected chi connectivity index (χ2v) is 6.54. The minimum Gasteiger partial charge on any atom is -0.356 e. The highest BCUT2D eigenvalue weighted by Gasteiger charge is 2.26. The third kappa shape index (κ3) is 3.79. The highest BCUT2D eigenvalue weighted by Crippen LogP contribution is 2.24. The first-order valence-electron chi connectivity index (χ1n) is 9.00. The summed E-state index contributed by atoms with van der Waals surface area (Å²) in [7, 11) is 0. The Hall–Kier alpha value is -3.29. The molecular weight excluding hydrogens is 342 g/mol. The summed E-state index contributed by atoms with van der Waals surface area (Å²) < 4.78 is 1.93. The van der Waals surface area contributed by atoms with Crippen LogP contribution in [-0.4, -0.2) is 43.5 Å². The molecule has 1 fully saturated rings.